The molecule has 0 saturated carbocycles. The van der Waals surface area contributed by atoms with Crippen LogP contribution in [0.4, 0.5) is 0 Å². The van der Waals surface area contributed by atoms with Gasteiger partial charge in [0.05, 0.1) is 11.3 Å². The van der Waals surface area contributed by atoms with Crippen molar-refractivity contribution >= 4 is 21.7 Å². The summed E-state index contributed by atoms with van der Waals surface area (Å²) in [7, 11) is -3.17. The van der Waals surface area contributed by atoms with Gasteiger partial charge >= 0.3 is 5.97 Å². The van der Waals surface area contributed by atoms with Crippen molar-refractivity contribution in [2.45, 2.75) is 19.9 Å². The molecule has 7 nitrogen and oxygen atoms in total. The molecule has 1 N–H and O–H groups in total. The van der Waals surface area contributed by atoms with Crippen molar-refractivity contribution in [3.8, 4) is 0 Å². The molecule has 0 saturated heterocycles. The van der Waals surface area contributed by atoms with Gasteiger partial charge in [0, 0.05) is 25.0 Å². The fraction of sp³-hybridized carbons (Fsp3) is 0.462. The predicted molar refractivity (Wildman–Crippen MR) is 77.1 cm³/mol. The molecule has 1 amide bonds. The summed E-state index contributed by atoms with van der Waals surface area (Å²) in [5.41, 5.74) is 0.0704. The molecule has 0 atom stereocenters. The van der Waals surface area contributed by atoms with Gasteiger partial charge in [-0.1, -0.05) is 0 Å². The lowest BCUT2D eigenvalue weighted by Gasteiger charge is -2.26. The summed E-state index contributed by atoms with van der Waals surface area (Å²) >= 11 is 0. The van der Waals surface area contributed by atoms with Gasteiger partial charge in [-0.25, -0.2) is 18.2 Å². The summed E-state index contributed by atoms with van der Waals surface area (Å²) in [6.07, 6.45) is 2.29. The number of aromatic nitrogens is 1. The van der Waals surface area contributed by atoms with Crippen LogP contribution in [-0.4, -0.2) is 59.9 Å². The van der Waals surface area contributed by atoms with Gasteiger partial charge in [-0.3, -0.25) is 4.79 Å². The van der Waals surface area contributed by atoms with Crippen LogP contribution in [0, 0.1) is 0 Å². The Labute approximate surface area is 123 Å². The number of carbonyl (C=O) groups excluding carboxylic acids is 1. The lowest BCUT2D eigenvalue weighted by Crippen LogP contribution is -2.40. The largest absolute Gasteiger partial charge is 0.477 e. The number of amides is 1. The summed E-state index contributed by atoms with van der Waals surface area (Å²) in [5.74, 6) is -1.68. The number of pyridine rings is 1. The zero-order chi connectivity index (χ0) is 16.2. The van der Waals surface area contributed by atoms with Crippen LogP contribution < -0.4 is 0 Å². The highest BCUT2D eigenvalue weighted by molar-refractivity contribution is 7.90. The summed E-state index contributed by atoms with van der Waals surface area (Å²) in [6, 6.07) is 2.43. The monoisotopic (exact) mass is 314 g/mol. The fourth-order valence-corrected chi connectivity index (χ4v) is 2.20. The van der Waals surface area contributed by atoms with Gasteiger partial charge in [-0.2, -0.15) is 0 Å². The van der Waals surface area contributed by atoms with E-state index in [0.717, 1.165) is 6.26 Å². The van der Waals surface area contributed by atoms with E-state index in [2.05, 4.69) is 4.98 Å². The first-order valence-corrected chi connectivity index (χ1v) is 8.36. The Morgan fingerprint density at radius 3 is 2.33 bits per heavy atom. The third-order valence-electron chi connectivity index (χ3n) is 2.82. The number of carboxylic acid groups (broad SMARTS) is 1. The maximum absolute atomic E-state index is 12.3. The molecule has 0 unspecified atom stereocenters. The van der Waals surface area contributed by atoms with E-state index in [1.54, 1.807) is 13.8 Å². The molecule has 0 aliphatic heterocycles. The smallest absolute Gasteiger partial charge is 0.354 e. The minimum atomic E-state index is -3.17. The van der Waals surface area contributed by atoms with Crippen molar-refractivity contribution in [2.75, 3.05) is 18.6 Å². The maximum Gasteiger partial charge on any atom is 0.354 e. The second kappa shape index (κ2) is 6.66. The zero-order valence-corrected chi connectivity index (χ0v) is 12.9. The Morgan fingerprint density at radius 1 is 1.33 bits per heavy atom. The van der Waals surface area contributed by atoms with Crippen LogP contribution in [0.1, 0.15) is 34.7 Å². The predicted octanol–water partition coefficient (Wildman–Crippen LogP) is 0.675. The highest BCUT2D eigenvalue weighted by Gasteiger charge is 2.20. The third-order valence-corrected chi connectivity index (χ3v) is 3.74. The zero-order valence-electron chi connectivity index (χ0n) is 12.1. The SMILES string of the molecule is CC(C)N(CCS(C)(=O)=O)C(=O)c1ccc(C(=O)O)nc1. The highest BCUT2D eigenvalue weighted by Crippen LogP contribution is 2.09. The molecule has 1 aromatic heterocycles. The molecule has 116 valence electrons. The van der Waals surface area contributed by atoms with Crippen molar-refractivity contribution in [2.24, 2.45) is 0 Å². The molecule has 1 aromatic rings. The summed E-state index contributed by atoms with van der Waals surface area (Å²) in [6.45, 7) is 3.63. The average Bonchev–Trinajstić information content (AvgIpc) is 2.37. The maximum atomic E-state index is 12.3. The molecule has 0 fully saturated rings. The average molecular weight is 314 g/mol. The molecule has 8 heteroatoms. The van der Waals surface area contributed by atoms with E-state index in [1.807, 2.05) is 0 Å². The Morgan fingerprint density at radius 2 is 1.95 bits per heavy atom. The van der Waals surface area contributed by atoms with Crippen LogP contribution in [0.2, 0.25) is 0 Å². The van der Waals surface area contributed by atoms with Crippen LogP contribution in [0.5, 0.6) is 0 Å². The molecular formula is C13H18N2O5S. The van der Waals surface area contributed by atoms with E-state index in [0.29, 0.717) is 0 Å². The molecule has 0 aliphatic rings. The summed E-state index contributed by atoms with van der Waals surface area (Å²) in [4.78, 5) is 28.1. The number of carbonyl (C=O) groups is 2. The van der Waals surface area contributed by atoms with Crippen molar-refractivity contribution in [1.29, 1.82) is 0 Å². The highest BCUT2D eigenvalue weighted by atomic mass is 32.2. The molecule has 0 radical (unpaired) electrons. The van der Waals surface area contributed by atoms with E-state index in [1.165, 1.54) is 23.2 Å². The van der Waals surface area contributed by atoms with E-state index in [9.17, 15) is 18.0 Å². The molecule has 0 aromatic carbocycles. The Hall–Kier alpha value is -1.96. The summed E-state index contributed by atoms with van der Waals surface area (Å²) in [5, 5.41) is 8.76. The Kier molecular flexibility index (Phi) is 5.42. The first kappa shape index (κ1) is 17.1. The van der Waals surface area contributed by atoms with Gasteiger partial charge < -0.3 is 10.0 Å². The minimum Gasteiger partial charge on any atom is -0.477 e. The van der Waals surface area contributed by atoms with Gasteiger partial charge in [0.25, 0.3) is 5.91 Å². The van der Waals surface area contributed by atoms with Crippen molar-refractivity contribution in [3.63, 3.8) is 0 Å². The number of carboxylic acids is 1. The lowest BCUT2D eigenvalue weighted by atomic mass is 10.2. The quantitative estimate of drug-likeness (QED) is 0.827. The van der Waals surface area contributed by atoms with E-state index < -0.39 is 15.8 Å². The number of nitrogens with zero attached hydrogens (tertiary/aromatic N) is 2. The van der Waals surface area contributed by atoms with Gasteiger partial charge in [-0.15, -0.1) is 0 Å². The van der Waals surface area contributed by atoms with Crippen LogP contribution in [0.25, 0.3) is 0 Å². The van der Waals surface area contributed by atoms with Crippen molar-refractivity contribution in [1.82, 2.24) is 9.88 Å². The van der Waals surface area contributed by atoms with Crippen molar-refractivity contribution < 1.29 is 23.1 Å². The Bertz CT molecular complexity index is 622. The van der Waals surface area contributed by atoms with E-state index in [-0.39, 0.29) is 35.5 Å². The van der Waals surface area contributed by atoms with Crippen molar-refractivity contribution in [3.05, 3.63) is 29.6 Å². The standard InChI is InChI=1S/C13H18N2O5S/c1-9(2)15(6-7-21(3,19)20)12(16)10-4-5-11(13(17)18)14-8-10/h4-5,8-9H,6-7H2,1-3H3,(H,17,18). The van der Waals surface area contributed by atoms with Gasteiger partial charge in [0.2, 0.25) is 0 Å². The van der Waals surface area contributed by atoms with Gasteiger partial charge in [0.15, 0.2) is 0 Å². The van der Waals surface area contributed by atoms with Crippen LogP contribution >= 0.6 is 0 Å². The topological polar surface area (TPSA) is 105 Å². The van der Waals surface area contributed by atoms with Gasteiger partial charge in [-0.05, 0) is 26.0 Å². The first-order valence-electron chi connectivity index (χ1n) is 6.30. The summed E-state index contributed by atoms with van der Waals surface area (Å²) < 4.78 is 22.4. The molecule has 0 spiro atoms. The Balaban J connectivity index is 2.92. The molecule has 1 rings (SSSR count). The molecule has 21 heavy (non-hydrogen) atoms. The van der Waals surface area contributed by atoms with Crippen LogP contribution in [-0.2, 0) is 9.84 Å². The molecule has 1 heterocycles. The fourth-order valence-electron chi connectivity index (χ4n) is 1.67. The number of sulfone groups is 1. The first-order chi connectivity index (χ1) is 9.61. The molecular weight excluding hydrogens is 296 g/mol. The van der Waals surface area contributed by atoms with E-state index in [4.69, 9.17) is 5.11 Å². The third kappa shape index (κ3) is 5.14. The number of hydrogen-bond acceptors (Lipinski definition) is 5. The number of hydrogen-bond donors (Lipinski definition) is 1. The van der Waals surface area contributed by atoms with Gasteiger partial charge in [0.1, 0.15) is 15.5 Å². The second-order valence-corrected chi connectivity index (χ2v) is 7.22. The molecule has 0 bridgehead atoms. The van der Waals surface area contributed by atoms with E-state index >= 15 is 0 Å². The van der Waals surface area contributed by atoms with Crippen LogP contribution in [0.15, 0.2) is 18.3 Å². The second-order valence-electron chi connectivity index (χ2n) is 4.96. The lowest BCUT2D eigenvalue weighted by molar-refractivity contribution is 0.0683. The van der Waals surface area contributed by atoms with Crippen LogP contribution in [0.3, 0.4) is 0 Å². The number of aromatic carboxylic acids is 1. The normalized spacial score (nSPS) is 11.4. The molecule has 0 aliphatic carbocycles. The minimum absolute atomic E-state index is 0.0794. The number of rotatable bonds is 6.